The number of H-pyrrole nitrogens is 1. The summed E-state index contributed by atoms with van der Waals surface area (Å²) in [4.78, 5) is 15.2. The van der Waals surface area contributed by atoms with Crippen molar-refractivity contribution in [1.29, 1.82) is 0 Å². The van der Waals surface area contributed by atoms with Crippen LogP contribution in [0, 0.1) is 0 Å². The smallest absolute Gasteiger partial charge is 0.174 e. The van der Waals surface area contributed by atoms with E-state index in [1.807, 2.05) is 16.7 Å². The van der Waals surface area contributed by atoms with Gasteiger partial charge in [0.05, 0.1) is 12.9 Å². The molecule has 0 bridgehead atoms. The first kappa shape index (κ1) is 21.5. The van der Waals surface area contributed by atoms with Gasteiger partial charge >= 0.3 is 0 Å². The number of imidazole rings is 1. The predicted octanol–water partition coefficient (Wildman–Crippen LogP) is 1.73. The maximum Gasteiger partial charge on any atom is 0.174 e. The molecule has 12 heteroatoms. The molecule has 3 aromatic heterocycles. The van der Waals surface area contributed by atoms with E-state index in [0.717, 1.165) is 38.0 Å². The van der Waals surface area contributed by atoms with Crippen molar-refractivity contribution in [1.82, 2.24) is 40.1 Å². The minimum atomic E-state index is -0.337. The number of fused-ring (bicyclic) bond motifs is 1. The average Bonchev–Trinajstić information content (AvgIpc) is 3.55. The molecule has 0 amide bonds. The molecule has 1 atom stereocenters. The van der Waals surface area contributed by atoms with Gasteiger partial charge in [-0.1, -0.05) is 23.7 Å². The zero-order valence-electron chi connectivity index (χ0n) is 18.4. The number of nitrogens with two attached hydrogens (primary N) is 2. The number of nitrogen functional groups attached to an aromatic ring is 1. The largest absolute Gasteiger partial charge is 0.382 e. The van der Waals surface area contributed by atoms with Gasteiger partial charge in [0.2, 0.25) is 0 Å². The first-order valence-corrected chi connectivity index (χ1v) is 11.3. The first-order chi connectivity index (χ1) is 16.0. The molecular formula is C21H26ClN11. The van der Waals surface area contributed by atoms with E-state index in [1.165, 1.54) is 17.5 Å². The lowest BCUT2D eigenvalue weighted by atomic mass is 9.93. The van der Waals surface area contributed by atoms with E-state index in [1.54, 1.807) is 6.33 Å². The van der Waals surface area contributed by atoms with Crippen molar-refractivity contribution in [2.45, 2.75) is 44.7 Å². The number of aryl methyl sites for hydroxylation is 2. The molecule has 0 saturated carbocycles. The number of tetrazole rings is 1. The Labute approximate surface area is 195 Å². The number of halogens is 1. The van der Waals surface area contributed by atoms with Gasteiger partial charge < -0.3 is 20.9 Å². The van der Waals surface area contributed by atoms with Gasteiger partial charge in [0, 0.05) is 35.8 Å². The molecule has 4 heterocycles. The summed E-state index contributed by atoms with van der Waals surface area (Å²) in [5.41, 5.74) is 17.2. The van der Waals surface area contributed by atoms with E-state index in [4.69, 9.17) is 23.1 Å². The molecule has 1 aliphatic heterocycles. The highest BCUT2D eigenvalue weighted by Crippen LogP contribution is 2.35. The third-order valence-electron chi connectivity index (χ3n) is 6.38. The maximum absolute atomic E-state index is 6.78. The van der Waals surface area contributed by atoms with E-state index in [-0.39, 0.29) is 5.54 Å². The third-order valence-corrected chi connectivity index (χ3v) is 6.60. The molecule has 0 unspecified atom stereocenters. The standard InChI is InChI=1S/C21H26ClN11/c1-2-13-7-14(22)8-16(15(13)9-33-12-27-18-19(23)25-11-26-20(18)33)32-6-5-21(24,10-32)4-3-17-28-30-31-29-17/h7-8,11-12H,2-6,9-10,24H2,1H3,(H2,23,25,26)(H,28,29,30,31)/t21-/m1/s1. The SMILES string of the molecule is CCc1cc(Cl)cc(N2CC[C@](N)(CCc3nn[nH]n3)C2)c1Cn1cnc2c(N)ncnc21. The molecule has 1 fully saturated rings. The van der Waals surface area contributed by atoms with Crippen LogP contribution in [0.1, 0.15) is 36.7 Å². The summed E-state index contributed by atoms with van der Waals surface area (Å²) in [6, 6.07) is 4.06. The number of benzene rings is 1. The lowest BCUT2D eigenvalue weighted by molar-refractivity contribution is 0.431. The van der Waals surface area contributed by atoms with Crippen molar-refractivity contribution in [2.75, 3.05) is 23.7 Å². The fraction of sp³-hybridized carbons (Fsp3) is 0.429. The highest BCUT2D eigenvalue weighted by molar-refractivity contribution is 6.31. The Bertz CT molecular complexity index is 1270. The molecule has 5 rings (SSSR count). The van der Waals surface area contributed by atoms with Crippen molar-refractivity contribution < 1.29 is 0 Å². The topological polar surface area (TPSA) is 153 Å². The summed E-state index contributed by atoms with van der Waals surface area (Å²) in [7, 11) is 0. The van der Waals surface area contributed by atoms with Crippen molar-refractivity contribution >= 4 is 34.3 Å². The van der Waals surface area contributed by atoms with Gasteiger partial charge in [0.25, 0.3) is 0 Å². The summed E-state index contributed by atoms with van der Waals surface area (Å²) in [5.74, 6) is 1.06. The van der Waals surface area contributed by atoms with Crippen molar-refractivity contribution in [2.24, 2.45) is 5.73 Å². The number of rotatable bonds is 7. The third kappa shape index (κ3) is 4.21. The second-order valence-electron chi connectivity index (χ2n) is 8.58. The molecule has 0 aliphatic carbocycles. The van der Waals surface area contributed by atoms with E-state index < -0.39 is 0 Å². The van der Waals surface area contributed by atoms with Gasteiger partial charge in [0.1, 0.15) is 11.8 Å². The Kier molecular flexibility index (Phi) is 5.59. The van der Waals surface area contributed by atoms with Crippen molar-refractivity contribution in [3.8, 4) is 0 Å². The minimum Gasteiger partial charge on any atom is -0.382 e. The number of nitrogens with one attached hydrogen (secondary N) is 1. The van der Waals surface area contributed by atoms with Crippen LogP contribution in [-0.2, 0) is 19.4 Å². The van der Waals surface area contributed by atoms with Crippen LogP contribution in [0.5, 0.6) is 0 Å². The van der Waals surface area contributed by atoms with Gasteiger partial charge in [-0.2, -0.15) is 5.21 Å². The molecule has 1 aliphatic rings. The Morgan fingerprint density at radius 1 is 1.24 bits per heavy atom. The summed E-state index contributed by atoms with van der Waals surface area (Å²) in [5, 5.41) is 14.9. The highest BCUT2D eigenvalue weighted by Gasteiger charge is 2.35. The number of nitrogens with zero attached hydrogens (tertiary/aromatic N) is 8. The van der Waals surface area contributed by atoms with Crippen LogP contribution in [0.3, 0.4) is 0 Å². The minimum absolute atomic E-state index is 0.337. The zero-order valence-corrected chi connectivity index (χ0v) is 19.1. The normalized spacial score (nSPS) is 18.5. The molecule has 1 saturated heterocycles. The van der Waals surface area contributed by atoms with Crippen LogP contribution in [-0.4, -0.2) is 58.8 Å². The fourth-order valence-corrected chi connectivity index (χ4v) is 4.83. The Balaban J connectivity index is 1.45. The quantitative estimate of drug-likeness (QED) is 0.368. The number of anilines is 2. The number of hydrogen-bond acceptors (Lipinski definition) is 9. The zero-order chi connectivity index (χ0) is 23.0. The van der Waals surface area contributed by atoms with Crippen LogP contribution in [0.2, 0.25) is 5.02 Å². The van der Waals surface area contributed by atoms with E-state index in [0.29, 0.717) is 40.8 Å². The van der Waals surface area contributed by atoms with Crippen LogP contribution in [0.15, 0.2) is 24.8 Å². The molecule has 11 nitrogen and oxygen atoms in total. The molecule has 33 heavy (non-hydrogen) atoms. The number of aromatic nitrogens is 8. The number of aromatic amines is 1. The lowest BCUT2D eigenvalue weighted by Gasteiger charge is -2.28. The van der Waals surface area contributed by atoms with Crippen LogP contribution >= 0.6 is 11.6 Å². The van der Waals surface area contributed by atoms with E-state index >= 15 is 0 Å². The van der Waals surface area contributed by atoms with Crippen molar-refractivity contribution in [3.63, 3.8) is 0 Å². The molecule has 5 N–H and O–H groups in total. The first-order valence-electron chi connectivity index (χ1n) is 10.9. The van der Waals surface area contributed by atoms with Crippen LogP contribution in [0.4, 0.5) is 11.5 Å². The molecule has 1 aromatic carbocycles. The second kappa shape index (κ2) is 8.56. The molecule has 172 valence electrons. The summed E-state index contributed by atoms with van der Waals surface area (Å²) in [6.45, 7) is 4.30. The van der Waals surface area contributed by atoms with Gasteiger partial charge in [-0.3, -0.25) is 0 Å². The summed E-state index contributed by atoms with van der Waals surface area (Å²) < 4.78 is 2.00. The highest BCUT2D eigenvalue weighted by atomic mass is 35.5. The molecule has 0 spiro atoms. The Hall–Kier alpha value is -3.31. The lowest BCUT2D eigenvalue weighted by Crippen LogP contribution is -2.43. The summed E-state index contributed by atoms with van der Waals surface area (Å²) in [6.07, 6.45) is 6.41. The fourth-order valence-electron chi connectivity index (χ4n) is 4.60. The van der Waals surface area contributed by atoms with Gasteiger partial charge in [-0.05, 0) is 42.5 Å². The van der Waals surface area contributed by atoms with Gasteiger partial charge in [0.15, 0.2) is 17.3 Å². The van der Waals surface area contributed by atoms with E-state index in [9.17, 15) is 0 Å². The monoisotopic (exact) mass is 467 g/mol. The molecule has 4 aromatic rings. The maximum atomic E-state index is 6.78. The van der Waals surface area contributed by atoms with Gasteiger partial charge in [-0.15, -0.1) is 10.2 Å². The van der Waals surface area contributed by atoms with Crippen molar-refractivity contribution in [3.05, 3.63) is 46.8 Å². The molecular weight excluding hydrogens is 442 g/mol. The Morgan fingerprint density at radius 3 is 2.91 bits per heavy atom. The number of hydrogen-bond donors (Lipinski definition) is 3. The molecule has 0 radical (unpaired) electrons. The predicted molar refractivity (Wildman–Crippen MR) is 126 cm³/mol. The van der Waals surface area contributed by atoms with E-state index in [2.05, 4.69) is 47.4 Å². The average molecular weight is 468 g/mol. The van der Waals surface area contributed by atoms with Gasteiger partial charge in [-0.25, -0.2) is 15.0 Å². The van der Waals surface area contributed by atoms with Crippen LogP contribution in [0.25, 0.3) is 11.2 Å². The second-order valence-corrected chi connectivity index (χ2v) is 9.02. The summed E-state index contributed by atoms with van der Waals surface area (Å²) >= 11 is 6.54. The van der Waals surface area contributed by atoms with Crippen LogP contribution < -0.4 is 16.4 Å². The Morgan fingerprint density at radius 2 is 2.12 bits per heavy atom.